The SMILES string of the molecule is CC(C)c1ccc(CNCC(C)(CO)CO)cc1. The monoisotopic (exact) mass is 251 g/mol. The lowest BCUT2D eigenvalue weighted by molar-refractivity contribution is 0.0695. The Kier molecular flexibility index (Phi) is 5.79. The first-order valence-electron chi connectivity index (χ1n) is 6.52. The van der Waals surface area contributed by atoms with Gasteiger partial charge in [0, 0.05) is 18.5 Å². The molecule has 1 aromatic carbocycles. The zero-order valence-electron chi connectivity index (χ0n) is 11.6. The van der Waals surface area contributed by atoms with E-state index in [-0.39, 0.29) is 13.2 Å². The van der Waals surface area contributed by atoms with Gasteiger partial charge in [-0.05, 0) is 17.0 Å². The van der Waals surface area contributed by atoms with Crippen molar-refractivity contribution in [3.8, 4) is 0 Å². The van der Waals surface area contributed by atoms with Gasteiger partial charge in [-0.2, -0.15) is 0 Å². The summed E-state index contributed by atoms with van der Waals surface area (Å²) in [5, 5.41) is 21.6. The fourth-order valence-corrected chi connectivity index (χ4v) is 1.69. The van der Waals surface area contributed by atoms with Crippen molar-refractivity contribution in [2.45, 2.75) is 33.2 Å². The van der Waals surface area contributed by atoms with Crippen LogP contribution in [-0.2, 0) is 6.54 Å². The van der Waals surface area contributed by atoms with Crippen molar-refractivity contribution < 1.29 is 10.2 Å². The molecule has 0 aromatic heterocycles. The minimum absolute atomic E-state index is 0.0111. The van der Waals surface area contributed by atoms with Gasteiger partial charge in [-0.25, -0.2) is 0 Å². The third-order valence-electron chi connectivity index (χ3n) is 3.29. The third-order valence-corrected chi connectivity index (χ3v) is 3.29. The van der Waals surface area contributed by atoms with Gasteiger partial charge in [0.05, 0.1) is 13.2 Å². The average molecular weight is 251 g/mol. The highest BCUT2D eigenvalue weighted by atomic mass is 16.3. The van der Waals surface area contributed by atoms with Crippen molar-refractivity contribution in [2.24, 2.45) is 5.41 Å². The first-order valence-corrected chi connectivity index (χ1v) is 6.52. The van der Waals surface area contributed by atoms with E-state index in [1.807, 2.05) is 6.92 Å². The summed E-state index contributed by atoms with van der Waals surface area (Å²) in [7, 11) is 0. The Labute approximate surface area is 110 Å². The zero-order valence-corrected chi connectivity index (χ0v) is 11.6. The Bertz CT molecular complexity index is 342. The molecular weight excluding hydrogens is 226 g/mol. The quantitative estimate of drug-likeness (QED) is 0.693. The van der Waals surface area contributed by atoms with E-state index in [2.05, 4.69) is 43.4 Å². The summed E-state index contributed by atoms with van der Waals surface area (Å²) in [5.41, 5.74) is 2.12. The second kappa shape index (κ2) is 6.88. The normalized spacial score (nSPS) is 12.1. The summed E-state index contributed by atoms with van der Waals surface area (Å²) in [6, 6.07) is 8.55. The molecule has 0 saturated carbocycles. The highest BCUT2D eigenvalue weighted by Crippen LogP contribution is 2.15. The molecule has 0 amide bonds. The Morgan fingerprint density at radius 3 is 2.11 bits per heavy atom. The highest BCUT2D eigenvalue weighted by Gasteiger charge is 2.21. The molecule has 1 rings (SSSR count). The Morgan fingerprint density at radius 2 is 1.67 bits per heavy atom. The fourth-order valence-electron chi connectivity index (χ4n) is 1.69. The molecule has 0 spiro atoms. The van der Waals surface area contributed by atoms with Crippen LogP contribution in [0.3, 0.4) is 0 Å². The minimum Gasteiger partial charge on any atom is -0.396 e. The van der Waals surface area contributed by atoms with E-state index < -0.39 is 5.41 Å². The zero-order chi connectivity index (χ0) is 13.6. The predicted octanol–water partition coefficient (Wildman–Crippen LogP) is 1.89. The molecule has 0 aliphatic rings. The lowest BCUT2D eigenvalue weighted by Gasteiger charge is -2.24. The molecule has 102 valence electrons. The standard InChI is InChI=1S/C15H25NO2/c1-12(2)14-6-4-13(5-7-14)8-16-9-15(3,10-17)11-18/h4-7,12,16-18H,8-11H2,1-3H3. The van der Waals surface area contributed by atoms with Crippen molar-refractivity contribution in [1.82, 2.24) is 5.32 Å². The summed E-state index contributed by atoms with van der Waals surface area (Å²) in [5.74, 6) is 0.555. The smallest absolute Gasteiger partial charge is 0.0518 e. The van der Waals surface area contributed by atoms with Gasteiger partial charge < -0.3 is 15.5 Å². The highest BCUT2D eigenvalue weighted by molar-refractivity contribution is 5.24. The topological polar surface area (TPSA) is 52.5 Å². The average Bonchev–Trinajstić information content (AvgIpc) is 2.39. The molecule has 3 N–H and O–H groups in total. The van der Waals surface area contributed by atoms with Gasteiger partial charge in [0.2, 0.25) is 0 Å². The molecule has 3 heteroatoms. The largest absolute Gasteiger partial charge is 0.396 e. The van der Waals surface area contributed by atoms with E-state index in [0.717, 1.165) is 6.54 Å². The van der Waals surface area contributed by atoms with E-state index in [1.165, 1.54) is 11.1 Å². The van der Waals surface area contributed by atoms with Crippen LogP contribution in [0.5, 0.6) is 0 Å². The van der Waals surface area contributed by atoms with Crippen LogP contribution >= 0.6 is 0 Å². The van der Waals surface area contributed by atoms with Crippen molar-refractivity contribution in [3.63, 3.8) is 0 Å². The molecule has 0 heterocycles. The summed E-state index contributed by atoms with van der Waals surface area (Å²) >= 11 is 0. The Morgan fingerprint density at radius 1 is 1.11 bits per heavy atom. The van der Waals surface area contributed by atoms with Crippen molar-refractivity contribution in [1.29, 1.82) is 0 Å². The molecule has 0 bridgehead atoms. The van der Waals surface area contributed by atoms with Gasteiger partial charge in [0.1, 0.15) is 0 Å². The second-order valence-electron chi connectivity index (χ2n) is 5.63. The number of hydrogen-bond donors (Lipinski definition) is 3. The molecule has 0 aliphatic heterocycles. The van der Waals surface area contributed by atoms with Crippen LogP contribution in [0.25, 0.3) is 0 Å². The minimum atomic E-state index is -0.447. The first-order chi connectivity index (χ1) is 8.50. The molecule has 0 saturated heterocycles. The van der Waals surface area contributed by atoms with Crippen LogP contribution in [0.4, 0.5) is 0 Å². The maximum atomic E-state index is 9.18. The first kappa shape index (κ1) is 15.2. The maximum Gasteiger partial charge on any atom is 0.0518 e. The molecule has 0 fully saturated rings. The van der Waals surface area contributed by atoms with Crippen molar-refractivity contribution in [3.05, 3.63) is 35.4 Å². The van der Waals surface area contributed by atoms with Crippen LogP contribution in [0.15, 0.2) is 24.3 Å². The van der Waals surface area contributed by atoms with E-state index in [0.29, 0.717) is 12.5 Å². The van der Waals surface area contributed by atoms with E-state index in [4.69, 9.17) is 0 Å². The van der Waals surface area contributed by atoms with Crippen molar-refractivity contribution in [2.75, 3.05) is 19.8 Å². The number of aliphatic hydroxyl groups is 2. The molecule has 3 nitrogen and oxygen atoms in total. The molecule has 18 heavy (non-hydrogen) atoms. The van der Waals surface area contributed by atoms with E-state index in [1.54, 1.807) is 0 Å². The van der Waals surface area contributed by atoms with Gasteiger partial charge in [-0.3, -0.25) is 0 Å². The number of aliphatic hydroxyl groups excluding tert-OH is 2. The summed E-state index contributed by atoms with van der Waals surface area (Å²) < 4.78 is 0. The molecule has 0 radical (unpaired) electrons. The number of nitrogens with one attached hydrogen (secondary N) is 1. The van der Waals surface area contributed by atoms with Crippen LogP contribution in [0.2, 0.25) is 0 Å². The van der Waals surface area contributed by atoms with Gasteiger partial charge in [0.25, 0.3) is 0 Å². The van der Waals surface area contributed by atoms with Gasteiger partial charge in [-0.1, -0.05) is 45.0 Å². The number of hydrogen-bond acceptors (Lipinski definition) is 3. The van der Waals surface area contributed by atoms with Gasteiger partial charge >= 0.3 is 0 Å². The molecule has 0 unspecified atom stereocenters. The Hall–Kier alpha value is -0.900. The molecular formula is C15H25NO2. The van der Waals surface area contributed by atoms with Crippen LogP contribution in [0.1, 0.15) is 37.8 Å². The molecule has 0 aliphatic carbocycles. The Balaban J connectivity index is 2.44. The number of benzene rings is 1. The summed E-state index contributed by atoms with van der Waals surface area (Å²) in [4.78, 5) is 0. The summed E-state index contributed by atoms with van der Waals surface area (Å²) in [6.07, 6.45) is 0. The third kappa shape index (κ3) is 4.41. The molecule has 0 atom stereocenters. The van der Waals surface area contributed by atoms with Gasteiger partial charge in [0.15, 0.2) is 0 Å². The lowest BCUT2D eigenvalue weighted by Crippen LogP contribution is -2.37. The van der Waals surface area contributed by atoms with Crippen LogP contribution in [0, 0.1) is 5.41 Å². The van der Waals surface area contributed by atoms with Gasteiger partial charge in [-0.15, -0.1) is 0 Å². The van der Waals surface area contributed by atoms with E-state index >= 15 is 0 Å². The number of rotatable bonds is 7. The predicted molar refractivity (Wildman–Crippen MR) is 74.5 cm³/mol. The molecule has 1 aromatic rings. The summed E-state index contributed by atoms with van der Waals surface area (Å²) in [6.45, 7) is 7.57. The van der Waals surface area contributed by atoms with E-state index in [9.17, 15) is 10.2 Å². The maximum absolute atomic E-state index is 9.18. The van der Waals surface area contributed by atoms with Crippen LogP contribution in [-0.4, -0.2) is 30.0 Å². The van der Waals surface area contributed by atoms with Crippen molar-refractivity contribution >= 4 is 0 Å². The fraction of sp³-hybridized carbons (Fsp3) is 0.600. The lowest BCUT2D eigenvalue weighted by atomic mass is 9.93. The second-order valence-corrected chi connectivity index (χ2v) is 5.63. The van der Waals surface area contributed by atoms with Crippen LogP contribution < -0.4 is 5.32 Å².